The molecule has 2 heterocycles. The van der Waals surface area contributed by atoms with E-state index in [4.69, 9.17) is 5.84 Å². The molecule has 0 atom stereocenters. The van der Waals surface area contributed by atoms with Crippen molar-refractivity contribution in [1.29, 1.82) is 0 Å². The molecule has 0 radical (unpaired) electrons. The van der Waals surface area contributed by atoms with Gasteiger partial charge in [-0.15, -0.1) is 21.5 Å². The zero-order valence-electron chi connectivity index (χ0n) is 14.1. The van der Waals surface area contributed by atoms with Crippen molar-refractivity contribution in [2.75, 3.05) is 22.3 Å². The maximum atomic E-state index is 12.0. The van der Waals surface area contributed by atoms with Gasteiger partial charge in [-0.2, -0.15) is 5.10 Å². The average molecular weight is 467 g/mol. The number of hydrogen-bond acceptors (Lipinski definition) is 9. The highest BCUT2D eigenvalue weighted by molar-refractivity contribution is 9.10. The molecule has 1 aromatic carbocycles. The zero-order chi connectivity index (χ0) is 19.2. The van der Waals surface area contributed by atoms with Crippen LogP contribution in [0.4, 0.5) is 11.1 Å². The van der Waals surface area contributed by atoms with Gasteiger partial charge in [0.05, 0.1) is 17.7 Å². The highest BCUT2D eigenvalue weighted by Gasteiger charge is 2.12. The minimum absolute atomic E-state index is 0.135. The summed E-state index contributed by atoms with van der Waals surface area (Å²) in [6.45, 7) is 1.87. The maximum Gasteiger partial charge on any atom is 0.264 e. The third-order valence-electron chi connectivity index (χ3n) is 3.11. The number of halogens is 1. The van der Waals surface area contributed by atoms with Gasteiger partial charge < -0.3 is 11.2 Å². The Morgan fingerprint density at radius 3 is 2.89 bits per heavy atom. The van der Waals surface area contributed by atoms with Gasteiger partial charge in [0.1, 0.15) is 0 Å². The second kappa shape index (κ2) is 8.97. The standard InChI is InChI=1S/C15H15BrN8OS2/c1-9-7-26-14(19-9)20-12(25)8-27-15-23-22-13(24(15)17)21-18-6-10-2-4-11(16)5-3-10/h2-7H,8,17H2,1H3,(H,21,22)(H,19,20,25)/b18-6+. The smallest absolute Gasteiger partial charge is 0.264 e. The van der Waals surface area contributed by atoms with Crippen LogP contribution in [0, 0.1) is 6.92 Å². The molecule has 9 nitrogen and oxygen atoms in total. The molecule has 2 aromatic heterocycles. The molecule has 0 saturated carbocycles. The summed E-state index contributed by atoms with van der Waals surface area (Å²) in [6, 6.07) is 7.65. The first-order valence-corrected chi connectivity index (χ1v) is 10.3. The number of aromatic nitrogens is 4. The van der Waals surface area contributed by atoms with Crippen LogP contribution < -0.4 is 16.6 Å². The lowest BCUT2D eigenvalue weighted by Gasteiger charge is -2.03. The number of hydrazone groups is 1. The lowest BCUT2D eigenvalue weighted by molar-refractivity contribution is -0.113. The number of nitrogens with two attached hydrogens (primary N) is 1. The van der Waals surface area contributed by atoms with Crippen LogP contribution in [-0.4, -0.2) is 37.7 Å². The number of aryl methyl sites for hydroxylation is 1. The predicted molar refractivity (Wildman–Crippen MR) is 112 cm³/mol. The molecule has 0 unspecified atom stereocenters. The van der Waals surface area contributed by atoms with E-state index >= 15 is 0 Å². The molecule has 1 amide bonds. The highest BCUT2D eigenvalue weighted by Crippen LogP contribution is 2.18. The normalized spacial score (nSPS) is 11.0. The second-order valence-electron chi connectivity index (χ2n) is 5.23. The van der Waals surface area contributed by atoms with Crippen LogP contribution in [0.1, 0.15) is 11.3 Å². The van der Waals surface area contributed by atoms with Gasteiger partial charge in [0.2, 0.25) is 11.1 Å². The number of rotatable bonds is 7. The molecule has 4 N–H and O–H groups in total. The number of anilines is 2. The molecule has 3 aromatic rings. The Labute approximate surface area is 171 Å². The molecule has 0 bridgehead atoms. The van der Waals surface area contributed by atoms with Crippen LogP contribution in [0.5, 0.6) is 0 Å². The number of nitrogens with zero attached hydrogens (tertiary/aromatic N) is 5. The summed E-state index contributed by atoms with van der Waals surface area (Å²) in [5.74, 6) is 6.14. The van der Waals surface area contributed by atoms with Crippen LogP contribution in [-0.2, 0) is 4.79 Å². The topological polar surface area (TPSA) is 123 Å². The number of carbonyl (C=O) groups excluding carboxylic acids is 1. The Bertz CT molecular complexity index is 953. The first kappa shape index (κ1) is 19.3. The van der Waals surface area contributed by atoms with E-state index < -0.39 is 0 Å². The average Bonchev–Trinajstić information content (AvgIpc) is 3.21. The maximum absolute atomic E-state index is 12.0. The highest BCUT2D eigenvalue weighted by atomic mass is 79.9. The summed E-state index contributed by atoms with van der Waals surface area (Å²) >= 11 is 5.92. The van der Waals surface area contributed by atoms with Crippen molar-refractivity contribution in [3.8, 4) is 0 Å². The second-order valence-corrected chi connectivity index (χ2v) is 7.94. The third kappa shape index (κ3) is 5.52. The molecule has 0 aliphatic rings. The van der Waals surface area contributed by atoms with Gasteiger partial charge in [-0.1, -0.05) is 39.8 Å². The van der Waals surface area contributed by atoms with Crippen molar-refractivity contribution in [2.45, 2.75) is 12.1 Å². The summed E-state index contributed by atoms with van der Waals surface area (Å²) in [7, 11) is 0. The van der Waals surface area contributed by atoms with Crippen molar-refractivity contribution >= 4 is 62.2 Å². The Morgan fingerprint density at radius 2 is 2.19 bits per heavy atom. The SMILES string of the molecule is Cc1csc(NC(=O)CSc2nnc(N/N=C/c3ccc(Br)cc3)n2N)n1. The quantitative estimate of drug-likeness (QED) is 0.211. The number of amides is 1. The van der Waals surface area contributed by atoms with E-state index in [0.29, 0.717) is 10.3 Å². The Balaban J connectivity index is 1.52. The predicted octanol–water partition coefficient (Wildman–Crippen LogP) is 2.70. The molecular weight excluding hydrogens is 452 g/mol. The largest absolute Gasteiger partial charge is 0.334 e. The molecule has 0 aliphatic heterocycles. The van der Waals surface area contributed by atoms with Gasteiger partial charge in [-0.25, -0.2) is 15.1 Å². The zero-order valence-corrected chi connectivity index (χ0v) is 17.3. The van der Waals surface area contributed by atoms with Crippen LogP contribution in [0.3, 0.4) is 0 Å². The van der Waals surface area contributed by atoms with Gasteiger partial charge in [-0.05, 0) is 24.6 Å². The van der Waals surface area contributed by atoms with Crippen LogP contribution in [0.15, 0.2) is 44.4 Å². The number of carbonyl (C=O) groups is 1. The van der Waals surface area contributed by atoms with Crippen LogP contribution in [0.2, 0.25) is 0 Å². The molecular formula is C15H15BrN8OS2. The Morgan fingerprint density at radius 1 is 1.41 bits per heavy atom. The lowest BCUT2D eigenvalue weighted by Crippen LogP contribution is -2.16. The van der Waals surface area contributed by atoms with Crippen molar-refractivity contribution < 1.29 is 4.79 Å². The molecule has 0 fully saturated rings. The summed E-state index contributed by atoms with van der Waals surface area (Å²) < 4.78 is 2.23. The number of nitrogen functional groups attached to an aromatic ring is 1. The van der Waals surface area contributed by atoms with E-state index in [-0.39, 0.29) is 17.6 Å². The Kier molecular flexibility index (Phi) is 6.42. The van der Waals surface area contributed by atoms with Crippen molar-refractivity contribution in [2.24, 2.45) is 5.10 Å². The number of nitrogens with one attached hydrogen (secondary N) is 2. The van der Waals surface area contributed by atoms with Crippen LogP contribution >= 0.6 is 39.0 Å². The number of hydrogen-bond donors (Lipinski definition) is 3. The number of thioether (sulfide) groups is 1. The minimum Gasteiger partial charge on any atom is -0.334 e. The molecule has 3 rings (SSSR count). The summed E-state index contributed by atoms with van der Waals surface area (Å²) in [4.78, 5) is 16.1. The number of thiazole rings is 1. The van der Waals surface area contributed by atoms with E-state index in [2.05, 4.69) is 47.0 Å². The summed E-state index contributed by atoms with van der Waals surface area (Å²) in [6.07, 6.45) is 1.64. The number of benzene rings is 1. The van der Waals surface area contributed by atoms with Crippen LogP contribution in [0.25, 0.3) is 0 Å². The Hall–Kier alpha value is -2.44. The third-order valence-corrected chi connectivity index (χ3v) is 5.46. The summed E-state index contributed by atoms with van der Waals surface area (Å²) in [5, 5.41) is 17.5. The summed E-state index contributed by atoms with van der Waals surface area (Å²) in [5.41, 5.74) is 4.51. The lowest BCUT2D eigenvalue weighted by atomic mass is 10.2. The fourth-order valence-corrected chi connectivity index (χ4v) is 3.49. The van der Waals surface area contributed by atoms with E-state index in [0.717, 1.165) is 15.7 Å². The first-order valence-electron chi connectivity index (χ1n) is 7.61. The van der Waals surface area contributed by atoms with Gasteiger partial charge in [0.15, 0.2) is 5.13 Å². The molecule has 140 valence electrons. The van der Waals surface area contributed by atoms with Crippen molar-refractivity contribution in [3.05, 3.63) is 45.4 Å². The van der Waals surface area contributed by atoms with Gasteiger partial charge in [-0.3, -0.25) is 4.79 Å². The fraction of sp³-hybridized carbons (Fsp3) is 0.133. The van der Waals surface area contributed by atoms with Gasteiger partial charge in [0, 0.05) is 9.85 Å². The monoisotopic (exact) mass is 466 g/mol. The van der Waals surface area contributed by atoms with E-state index in [1.165, 1.54) is 27.8 Å². The van der Waals surface area contributed by atoms with Crippen molar-refractivity contribution in [3.63, 3.8) is 0 Å². The minimum atomic E-state index is -0.194. The van der Waals surface area contributed by atoms with E-state index in [9.17, 15) is 4.79 Å². The van der Waals surface area contributed by atoms with E-state index in [1.807, 2.05) is 36.6 Å². The molecule has 0 saturated heterocycles. The van der Waals surface area contributed by atoms with Gasteiger partial charge in [0.25, 0.3) is 5.95 Å². The van der Waals surface area contributed by atoms with E-state index in [1.54, 1.807) is 6.21 Å². The fourth-order valence-electron chi connectivity index (χ4n) is 1.86. The molecule has 0 aliphatic carbocycles. The van der Waals surface area contributed by atoms with Gasteiger partial charge >= 0.3 is 0 Å². The molecule has 0 spiro atoms. The first-order chi connectivity index (χ1) is 13.0. The van der Waals surface area contributed by atoms with Crippen molar-refractivity contribution in [1.82, 2.24) is 19.9 Å². The molecule has 27 heavy (non-hydrogen) atoms. The molecule has 12 heteroatoms.